The van der Waals surface area contributed by atoms with E-state index < -0.39 is 5.97 Å². The smallest absolute Gasteiger partial charge is 0.335 e. The molecule has 1 aromatic carbocycles. The molecule has 1 heterocycles. The van der Waals surface area contributed by atoms with Crippen molar-refractivity contribution in [2.75, 3.05) is 13.2 Å². The molecule has 5 heteroatoms. The summed E-state index contributed by atoms with van der Waals surface area (Å²) in [5, 5.41) is 11.5. The van der Waals surface area contributed by atoms with Gasteiger partial charge in [0.25, 0.3) is 5.91 Å². The molecule has 1 unspecified atom stereocenters. The SMILES string of the molecule is O=C(O)c1ccc(C(=O)NCC2CCCO2)cc1. The number of carboxylic acid groups (broad SMARTS) is 1. The van der Waals surface area contributed by atoms with Gasteiger partial charge in [-0.2, -0.15) is 0 Å². The second-order valence-corrected chi connectivity index (χ2v) is 4.23. The summed E-state index contributed by atoms with van der Waals surface area (Å²) >= 11 is 0. The number of amides is 1. The second-order valence-electron chi connectivity index (χ2n) is 4.23. The van der Waals surface area contributed by atoms with Gasteiger partial charge in [0, 0.05) is 18.7 Å². The van der Waals surface area contributed by atoms with Crippen LogP contribution in [0.3, 0.4) is 0 Å². The van der Waals surface area contributed by atoms with Crippen LogP contribution in [0.1, 0.15) is 33.6 Å². The van der Waals surface area contributed by atoms with E-state index in [4.69, 9.17) is 9.84 Å². The molecule has 1 aliphatic rings. The topological polar surface area (TPSA) is 75.6 Å². The van der Waals surface area contributed by atoms with Crippen LogP contribution in [0.25, 0.3) is 0 Å². The molecule has 1 saturated heterocycles. The third kappa shape index (κ3) is 3.07. The van der Waals surface area contributed by atoms with Crippen molar-refractivity contribution in [1.82, 2.24) is 5.32 Å². The molecular formula is C13H15NO4. The standard InChI is InChI=1S/C13H15NO4/c15-12(14-8-11-2-1-7-18-11)9-3-5-10(6-4-9)13(16)17/h3-6,11H,1-2,7-8H2,(H,14,15)(H,16,17). The zero-order valence-electron chi connectivity index (χ0n) is 9.89. The Labute approximate surface area is 105 Å². The summed E-state index contributed by atoms with van der Waals surface area (Å²) in [5.41, 5.74) is 0.628. The van der Waals surface area contributed by atoms with E-state index in [0.29, 0.717) is 12.1 Å². The zero-order chi connectivity index (χ0) is 13.0. The molecule has 0 saturated carbocycles. The average Bonchev–Trinajstić information content (AvgIpc) is 2.89. The van der Waals surface area contributed by atoms with Gasteiger partial charge in [0.15, 0.2) is 0 Å². The molecule has 1 aliphatic heterocycles. The predicted octanol–water partition coefficient (Wildman–Crippen LogP) is 1.29. The predicted molar refractivity (Wildman–Crippen MR) is 64.7 cm³/mol. The van der Waals surface area contributed by atoms with Gasteiger partial charge in [0.1, 0.15) is 0 Å². The first-order chi connectivity index (χ1) is 8.66. The van der Waals surface area contributed by atoms with Gasteiger partial charge in [-0.05, 0) is 37.1 Å². The molecule has 0 bridgehead atoms. The van der Waals surface area contributed by atoms with Crippen molar-refractivity contribution in [3.8, 4) is 0 Å². The molecule has 1 aromatic rings. The summed E-state index contributed by atoms with van der Waals surface area (Å²) in [6.45, 7) is 1.26. The first kappa shape index (κ1) is 12.6. The molecular weight excluding hydrogens is 234 g/mol. The van der Waals surface area contributed by atoms with E-state index in [1.165, 1.54) is 24.3 Å². The average molecular weight is 249 g/mol. The molecule has 2 rings (SSSR count). The lowest BCUT2D eigenvalue weighted by atomic mass is 10.1. The fourth-order valence-electron chi connectivity index (χ4n) is 1.88. The minimum Gasteiger partial charge on any atom is -0.478 e. The van der Waals surface area contributed by atoms with Crippen molar-refractivity contribution in [2.45, 2.75) is 18.9 Å². The van der Waals surface area contributed by atoms with Gasteiger partial charge in [0.05, 0.1) is 11.7 Å². The lowest BCUT2D eigenvalue weighted by Gasteiger charge is -2.10. The zero-order valence-corrected chi connectivity index (χ0v) is 9.89. The first-order valence-corrected chi connectivity index (χ1v) is 5.90. The van der Waals surface area contributed by atoms with E-state index in [-0.39, 0.29) is 17.6 Å². The van der Waals surface area contributed by atoms with Crippen LogP contribution in [0.4, 0.5) is 0 Å². The normalized spacial score (nSPS) is 18.6. The molecule has 0 aliphatic carbocycles. The van der Waals surface area contributed by atoms with Crippen molar-refractivity contribution in [2.24, 2.45) is 0 Å². The molecule has 5 nitrogen and oxygen atoms in total. The molecule has 1 fully saturated rings. The summed E-state index contributed by atoms with van der Waals surface area (Å²) in [6, 6.07) is 5.86. The van der Waals surface area contributed by atoms with Crippen molar-refractivity contribution in [3.05, 3.63) is 35.4 Å². The maximum absolute atomic E-state index is 11.8. The molecule has 1 amide bonds. The Balaban J connectivity index is 1.89. The lowest BCUT2D eigenvalue weighted by molar-refractivity contribution is 0.0696. The number of hydrogen-bond acceptors (Lipinski definition) is 3. The number of carboxylic acids is 1. The monoisotopic (exact) mass is 249 g/mol. The number of benzene rings is 1. The van der Waals surface area contributed by atoms with Crippen molar-refractivity contribution in [1.29, 1.82) is 0 Å². The third-order valence-corrected chi connectivity index (χ3v) is 2.91. The Bertz CT molecular complexity index is 435. The molecule has 0 aromatic heterocycles. The maximum Gasteiger partial charge on any atom is 0.335 e. The van der Waals surface area contributed by atoms with Gasteiger partial charge in [0.2, 0.25) is 0 Å². The minimum atomic E-state index is -0.999. The van der Waals surface area contributed by atoms with Crippen LogP contribution in [-0.2, 0) is 4.74 Å². The number of aromatic carboxylic acids is 1. The number of nitrogens with one attached hydrogen (secondary N) is 1. The quantitative estimate of drug-likeness (QED) is 0.843. The van der Waals surface area contributed by atoms with Crippen LogP contribution in [0.5, 0.6) is 0 Å². The second kappa shape index (κ2) is 5.64. The highest BCUT2D eigenvalue weighted by atomic mass is 16.5. The number of ether oxygens (including phenoxy) is 1. The molecule has 0 radical (unpaired) electrons. The highest BCUT2D eigenvalue weighted by Gasteiger charge is 2.16. The number of carbonyl (C=O) groups is 2. The Morgan fingerprint density at radius 1 is 1.28 bits per heavy atom. The maximum atomic E-state index is 11.8. The van der Waals surface area contributed by atoms with Crippen LogP contribution in [0, 0.1) is 0 Å². The van der Waals surface area contributed by atoms with E-state index in [9.17, 15) is 9.59 Å². The van der Waals surface area contributed by atoms with Gasteiger partial charge in [-0.15, -0.1) is 0 Å². The van der Waals surface area contributed by atoms with Crippen LogP contribution < -0.4 is 5.32 Å². The van der Waals surface area contributed by atoms with Gasteiger partial charge in [-0.1, -0.05) is 0 Å². The van der Waals surface area contributed by atoms with Crippen molar-refractivity contribution in [3.63, 3.8) is 0 Å². The van der Waals surface area contributed by atoms with Gasteiger partial charge in [-0.3, -0.25) is 4.79 Å². The van der Waals surface area contributed by atoms with Crippen molar-refractivity contribution < 1.29 is 19.4 Å². The number of carbonyl (C=O) groups excluding carboxylic acids is 1. The summed E-state index contributed by atoms with van der Waals surface area (Å²) in [6.07, 6.45) is 2.11. The minimum absolute atomic E-state index is 0.104. The van der Waals surface area contributed by atoms with E-state index >= 15 is 0 Å². The van der Waals surface area contributed by atoms with Crippen LogP contribution in [0.2, 0.25) is 0 Å². The van der Waals surface area contributed by atoms with Crippen LogP contribution in [-0.4, -0.2) is 36.2 Å². The highest BCUT2D eigenvalue weighted by Crippen LogP contribution is 2.11. The number of rotatable bonds is 4. The molecule has 0 spiro atoms. The number of hydrogen-bond donors (Lipinski definition) is 2. The lowest BCUT2D eigenvalue weighted by Crippen LogP contribution is -2.31. The van der Waals surface area contributed by atoms with Crippen LogP contribution >= 0.6 is 0 Å². The van der Waals surface area contributed by atoms with Crippen LogP contribution in [0.15, 0.2) is 24.3 Å². The van der Waals surface area contributed by atoms with Gasteiger partial charge < -0.3 is 15.2 Å². The Morgan fingerprint density at radius 3 is 2.50 bits per heavy atom. The van der Waals surface area contributed by atoms with E-state index in [1.807, 2.05) is 0 Å². The highest BCUT2D eigenvalue weighted by molar-refractivity contribution is 5.95. The van der Waals surface area contributed by atoms with Gasteiger partial charge >= 0.3 is 5.97 Å². The largest absolute Gasteiger partial charge is 0.478 e. The van der Waals surface area contributed by atoms with Crippen molar-refractivity contribution >= 4 is 11.9 Å². The fraction of sp³-hybridized carbons (Fsp3) is 0.385. The van der Waals surface area contributed by atoms with E-state index in [2.05, 4.69) is 5.32 Å². The fourth-order valence-corrected chi connectivity index (χ4v) is 1.88. The van der Waals surface area contributed by atoms with Gasteiger partial charge in [-0.25, -0.2) is 4.79 Å². The summed E-state index contributed by atoms with van der Waals surface area (Å²) in [5.74, 6) is -1.20. The molecule has 1 atom stereocenters. The molecule has 96 valence electrons. The summed E-state index contributed by atoms with van der Waals surface area (Å²) in [7, 11) is 0. The Morgan fingerprint density at radius 2 is 1.94 bits per heavy atom. The van der Waals surface area contributed by atoms with E-state index in [1.54, 1.807) is 0 Å². The molecule has 2 N–H and O–H groups in total. The Kier molecular flexibility index (Phi) is 3.94. The first-order valence-electron chi connectivity index (χ1n) is 5.90. The van der Waals surface area contributed by atoms with E-state index in [0.717, 1.165) is 19.4 Å². The third-order valence-electron chi connectivity index (χ3n) is 2.91. The summed E-state index contributed by atoms with van der Waals surface area (Å²) < 4.78 is 5.40. The summed E-state index contributed by atoms with van der Waals surface area (Å²) in [4.78, 5) is 22.4. The molecule has 18 heavy (non-hydrogen) atoms. The Hall–Kier alpha value is -1.88.